The van der Waals surface area contributed by atoms with Crippen molar-refractivity contribution in [3.8, 4) is 11.9 Å². The van der Waals surface area contributed by atoms with Crippen LogP contribution in [0.2, 0.25) is 0 Å². The first-order valence-corrected chi connectivity index (χ1v) is 5.81. The molecule has 100 valence electrons. The van der Waals surface area contributed by atoms with Crippen molar-refractivity contribution in [1.29, 1.82) is 0 Å². The minimum atomic E-state index is -0.439. The third kappa shape index (κ3) is 4.69. The van der Waals surface area contributed by atoms with E-state index in [0.717, 1.165) is 0 Å². The van der Waals surface area contributed by atoms with Gasteiger partial charge < -0.3 is 9.47 Å². The molecular formula is C13H20N2O3. The van der Waals surface area contributed by atoms with E-state index < -0.39 is 11.2 Å². The van der Waals surface area contributed by atoms with Crippen molar-refractivity contribution in [2.24, 2.45) is 0 Å². The van der Waals surface area contributed by atoms with Gasteiger partial charge in [0.15, 0.2) is 6.29 Å². The molecule has 0 aliphatic heterocycles. The molecule has 0 fully saturated rings. The second-order valence-electron chi connectivity index (χ2n) is 5.96. The first kappa shape index (κ1) is 14.4. The van der Waals surface area contributed by atoms with Crippen molar-refractivity contribution in [3.63, 3.8) is 0 Å². The largest absolute Gasteiger partial charge is 0.471 e. The summed E-state index contributed by atoms with van der Waals surface area (Å²) in [7, 11) is 0. The van der Waals surface area contributed by atoms with Gasteiger partial charge in [0.05, 0.1) is 5.56 Å². The Labute approximate surface area is 108 Å². The third-order valence-corrected chi connectivity index (χ3v) is 1.69. The van der Waals surface area contributed by atoms with Crippen LogP contribution in [-0.4, -0.2) is 27.5 Å². The molecule has 5 nitrogen and oxygen atoms in total. The second-order valence-corrected chi connectivity index (χ2v) is 5.96. The van der Waals surface area contributed by atoms with E-state index in [0.29, 0.717) is 11.8 Å². The van der Waals surface area contributed by atoms with Crippen molar-refractivity contribution in [2.75, 3.05) is 0 Å². The van der Waals surface area contributed by atoms with Gasteiger partial charge in [-0.2, -0.15) is 4.98 Å². The minimum Gasteiger partial charge on any atom is -0.471 e. The van der Waals surface area contributed by atoms with Crippen molar-refractivity contribution in [2.45, 2.75) is 52.7 Å². The Bertz CT molecular complexity index is 431. The molecule has 18 heavy (non-hydrogen) atoms. The number of aromatic nitrogens is 2. The summed E-state index contributed by atoms with van der Waals surface area (Å²) in [6, 6.07) is 0.201. The monoisotopic (exact) mass is 252 g/mol. The van der Waals surface area contributed by atoms with Crippen LogP contribution in [0.25, 0.3) is 0 Å². The molecule has 5 heteroatoms. The van der Waals surface area contributed by atoms with Crippen LogP contribution in [0.1, 0.15) is 51.9 Å². The summed E-state index contributed by atoms with van der Waals surface area (Å²) in [5.74, 6) is 0.242. The predicted molar refractivity (Wildman–Crippen MR) is 68.2 cm³/mol. The molecule has 1 aromatic heterocycles. The van der Waals surface area contributed by atoms with Gasteiger partial charge in [-0.1, -0.05) is 0 Å². The van der Waals surface area contributed by atoms with E-state index in [1.54, 1.807) is 0 Å². The molecule has 0 saturated carbocycles. The Morgan fingerprint density at radius 1 is 1.06 bits per heavy atom. The van der Waals surface area contributed by atoms with E-state index in [2.05, 4.69) is 9.97 Å². The summed E-state index contributed by atoms with van der Waals surface area (Å²) in [6.45, 7) is 11.3. The topological polar surface area (TPSA) is 61.3 Å². The number of aldehydes is 1. The Morgan fingerprint density at radius 2 is 1.61 bits per heavy atom. The van der Waals surface area contributed by atoms with Crippen molar-refractivity contribution in [1.82, 2.24) is 9.97 Å². The maximum atomic E-state index is 10.9. The van der Waals surface area contributed by atoms with E-state index in [9.17, 15) is 4.79 Å². The van der Waals surface area contributed by atoms with Gasteiger partial charge in [-0.3, -0.25) is 4.79 Å². The quantitative estimate of drug-likeness (QED) is 0.774. The van der Waals surface area contributed by atoms with Crippen LogP contribution in [-0.2, 0) is 0 Å². The molecule has 1 rings (SSSR count). The molecule has 0 aliphatic rings. The van der Waals surface area contributed by atoms with Gasteiger partial charge in [0, 0.05) is 6.20 Å². The SMILES string of the molecule is CC(C)(C)Oc1ncc(C=O)c(OC(C)(C)C)n1. The molecule has 0 radical (unpaired) electrons. The zero-order valence-electron chi connectivity index (χ0n) is 11.8. The molecule has 0 atom stereocenters. The maximum absolute atomic E-state index is 10.9. The smallest absolute Gasteiger partial charge is 0.320 e. The fourth-order valence-corrected chi connectivity index (χ4v) is 1.14. The maximum Gasteiger partial charge on any atom is 0.320 e. The zero-order chi connectivity index (χ0) is 14.0. The van der Waals surface area contributed by atoms with Gasteiger partial charge >= 0.3 is 6.01 Å². The van der Waals surface area contributed by atoms with Gasteiger partial charge in [0.1, 0.15) is 11.2 Å². The molecule has 1 aromatic rings. The average molecular weight is 252 g/mol. The normalized spacial score (nSPS) is 12.1. The van der Waals surface area contributed by atoms with E-state index in [1.165, 1.54) is 6.20 Å². The molecule has 0 bridgehead atoms. The van der Waals surface area contributed by atoms with Crippen molar-refractivity contribution < 1.29 is 14.3 Å². The van der Waals surface area contributed by atoms with Crippen LogP contribution in [0, 0.1) is 0 Å². The fourth-order valence-electron chi connectivity index (χ4n) is 1.14. The zero-order valence-corrected chi connectivity index (χ0v) is 11.8. The van der Waals surface area contributed by atoms with E-state index in [4.69, 9.17) is 9.47 Å². The molecule has 0 aromatic carbocycles. The molecule has 0 spiro atoms. The van der Waals surface area contributed by atoms with Crippen LogP contribution in [0.4, 0.5) is 0 Å². The Kier molecular flexibility index (Phi) is 3.94. The summed E-state index contributed by atoms with van der Waals surface area (Å²) in [6.07, 6.45) is 2.07. The number of ether oxygens (including phenoxy) is 2. The predicted octanol–water partition coefficient (Wildman–Crippen LogP) is 2.64. The number of carbonyl (C=O) groups excluding carboxylic acids is 1. The summed E-state index contributed by atoms with van der Waals surface area (Å²) < 4.78 is 11.2. The summed E-state index contributed by atoms with van der Waals surface area (Å²) in [4.78, 5) is 19.0. The Hall–Kier alpha value is -1.65. The molecule has 0 aliphatic carbocycles. The fraction of sp³-hybridized carbons (Fsp3) is 0.615. The highest BCUT2D eigenvalue weighted by Crippen LogP contribution is 2.22. The molecular weight excluding hydrogens is 232 g/mol. The van der Waals surface area contributed by atoms with Gasteiger partial charge in [0.25, 0.3) is 0 Å². The summed E-state index contributed by atoms with van der Waals surface area (Å²) in [5.41, 5.74) is -0.529. The number of rotatable bonds is 3. The van der Waals surface area contributed by atoms with Crippen LogP contribution in [0.5, 0.6) is 11.9 Å². The number of hydrogen-bond donors (Lipinski definition) is 0. The lowest BCUT2D eigenvalue weighted by atomic mass is 10.2. The van der Waals surface area contributed by atoms with Gasteiger partial charge in [0.2, 0.25) is 5.88 Å². The summed E-state index contributed by atoms with van der Waals surface area (Å²) in [5, 5.41) is 0. The highest BCUT2D eigenvalue weighted by atomic mass is 16.5. The van der Waals surface area contributed by atoms with Crippen LogP contribution in [0.3, 0.4) is 0 Å². The first-order valence-electron chi connectivity index (χ1n) is 5.81. The van der Waals surface area contributed by atoms with Gasteiger partial charge in [-0.25, -0.2) is 4.98 Å². The van der Waals surface area contributed by atoms with Gasteiger partial charge in [-0.15, -0.1) is 0 Å². The van der Waals surface area contributed by atoms with Crippen molar-refractivity contribution in [3.05, 3.63) is 11.8 Å². The third-order valence-electron chi connectivity index (χ3n) is 1.69. The van der Waals surface area contributed by atoms with Crippen LogP contribution in [0.15, 0.2) is 6.20 Å². The van der Waals surface area contributed by atoms with Crippen molar-refractivity contribution >= 4 is 6.29 Å². The van der Waals surface area contributed by atoms with E-state index in [1.807, 2.05) is 41.5 Å². The molecule has 0 unspecified atom stereocenters. The Morgan fingerprint density at radius 3 is 2.06 bits per heavy atom. The number of nitrogens with zero attached hydrogens (tertiary/aromatic N) is 2. The number of hydrogen-bond acceptors (Lipinski definition) is 5. The lowest BCUT2D eigenvalue weighted by Crippen LogP contribution is -2.26. The lowest BCUT2D eigenvalue weighted by molar-refractivity contribution is 0.0995. The van der Waals surface area contributed by atoms with E-state index in [-0.39, 0.29) is 11.9 Å². The highest BCUT2D eigenvalue weighted by Gasteiger charge is 2.19. The molecule has 0 N–H and O–H groups in total. The van der Waals surface area contributed by atoms with E-state index >= 15 is 0 Å². The second kappa shape index (κ2) is 4.92. The minimum absolute atomic E-state index is 0.201. The van der Waals surface area contributed by atoms with Crippen LogP contribution >= 0.6 is 0 Å². The van der Waals surface area contributed by atoms with Gasteiger partial charge in [-0.05, 0) is 41.5 Å². The average Bonchev–Trinajstić information content (AvgIpc) is 2.12. The molecule has 0 saturated heterocycles. The first-order chi connectivity index (χ1) is 8.11. The standard InChI is InChI=1S/C13H20N2O3/c1-12(2,3)17-10-9(8-16)7-14-11(15-10)18-13(4,5)6/h7-8H,1-6H3. The molecule has 0 amide bonds. The Balaban J connectivity index is 3.06. The number of carbonyl (C=O) groups is 1. The summed E-state index contributed by atoms with van der Waals surface area (Å²) >= 11 is 0. The molecule has 1 heterocycles. The van der Waals surface area contributed by atoms with Crippen LogP contribution < -0.4 is 9.47 Å². The lowest BCUT2D eigenvalue weighted by Gasteiger charge is -2.23. The highest BCUT2D eigenvalue weighted by molar-refractivity contribution is 5.77.